The van der Waals surface area contributed by atoms with E-state index >= 15 is 0 Å². The minimum absolute atomic E-state index is 0.0439. The third kappa shape index (κ3) is 6.87. The van der Waals surface area contributed by atoms with Crippen LogP contribution in [0.15, 0.2) is 0 Å². The molecule has 0 radical (unpaired) electrons. The van der Waals surface area contributed by atoms with Crippen molar-refractivity contribution in [2.75, 3.05) is 19.3 Å². The highest BCUT2D eigenvalue weighted by molar-refractivity contribution is 7.89. The molecule has 0 aliphatic carbocycles. The zero-order valence-corrected chi connectivity index (χ0v) is 11.3. The molecule has 0 saturated heterocycles. The average Bonchev–Trinajstić information content (AvgIpc) is 1.98. The lowest BCUT2D eigenvalue weighted by atomic mass is 9.94. The molecule has 1 atom stereocenters. The Bertz CT molecular complexity index is 278. The van der Waals surface area contributed by atoms with Crippen LogP contribution in [-0.2, 0) is 10.0 Å². The second-order valence-electron chi connectivity index (χ2n) is 5.38. The Balaban J connectivity index is 4.31. The molecule has 1 unspecified atom stereocenters. The van der Waals surface area contributed by atoms with Crippen LogP contribution in [0.25, 0.3) is 0 Å². The first-order valence-electron chi connectivity index (χ1n) is 5.24. The van der Waals surface area contributed by atoms with Crippen molar-refractivity contribution in [3.8, 4) is 0 Å². The molecule has 0 aromatic rings. The van der Waals surface area contributed by atoms with Gasteiger partial charge in [-0.3, -0.25) is 0 Å². The average molecular weight is 236 g/mol. The first-order chi connectivity index (χ1) is 6.54. The minimum atomic E-state index is -3.14. The summed E-state index contributed by atoms with van der Waals surface area (Å²) in [7, 11) is -1.55. The zero-order chi connectivity index (χ0) is 12.3. The van der Waals surface area contributed by atoms with Crippen LogP contribution in [0.2, 0.25) is 0 Å². The predicted molar refractivity (Wildman–Crippen MR) is 64.1 cm³/mol. The molecule has 0 aliphatic heterocycles. The molecule has 0 rings (SSSR count). The fraction of sp³-hybridized carbons (Fsp3) is 1.00. The maximum absolute atomic E-state index is 11.8. The number of hydrogen-bond acceptors (Lipinski definition) is 3. The Morgan fingerprint density at radius 1 is 1.33 bits per heavy atom. The molecule has 0 bridgehead atoms. The summed E-state index contributed by atoms with van der Waals surface area (Å²) >= 11 is 0. The number of sulfonamides is 1. The van der Waals surface area contributed by atoms with Gasteiger partial charge in [0.05, 0.1) is 5.75 Å². The Hall–Kier alpha value is -0.130. The highest BCUT2D eigenvalue weighted by Crippen LogP contribution is 2.20. The van der Waals surface area contributed by atoms with Gasteiger partial charge >= 0.3 is 0 Å². The zero-order valence-electron chi connectivity index (χ0n) is 10.4. The van der Waals surface area contributed by atoms with Gasteiger partial charge in [0, 0.05) is 19.6 Å². The Morgan fingerprint density at radius 2 is 1.80 bits per heavy atom. The Labute approximate surface area is 93.9 Å². The SMILES string of the molecule is CC(N)CN(C)S(=O)(=O)CCC(C)(C)C. The monoisotopic (exact) mass is 236 g/mol. The second kappa shape index (κ2) is 5.27. The first-order valence-corrected chi connectivity index (χ1v) is 6.85. The van der Waals surface area contributed by atoms with Crippen LogP contribution < -0.4 is 5.73 Å². The summed E-state index contributed by atoms with van der Waals surface area (Å²) in [6, 6.07) is -0.126. The van der Waals surface area contributed by atoms with Gasteiger partial charge in [0.1, 0.15) is 0 Å². The quantitative estimate of drug-likeness (QED) is 0.775. The Morgan fingerprint density at radius 3 is 2.13 bits per heavy atom. The number of likely N-dealkylation sites (N-methyl/N-ethyl adjacent to an activating group) is 1. The minimum Gasteiger partial charge on any atom is -0.327 e. The molecule has 0 saturated carbocycles. The molecule has 0 aliphatic rings. The van der Waals surface area contributed by atoms with E-state index in [4.69, 9.17) is 5.73 Å². The normalized spacial score (nSPS) is 15.7. The number of nitrogens with two attached hydrogens (primary N) is 1. The van der Waals surface area contributed by atoms with Crippen LogP contribution in [0, 0.1) is 5.41 Å². The van der Waals surface area contributed by atoms with E-state index in [0.717, 1.165) is 0 Å². The molecule has 4 nitrogen and oxygen atoms in total. The van der Waals surface area contributed by atoms with Crippen LogP contribution in [0.5, 0.6) is 0 Å². The molecule has 0 fully saturated rings. The van der Waals surface area contributed by atoms with Gasteiger partial charge in [-0.15, -0.1) is 0 Å². The van der Waals surface area contributed by atoms with E-state index in [1.54, 1.807) is 14.0 Å². The van der Waals surface area contributed by atoms with E-state index in [1.165, 1.54) is 4.31 Å². The van der Waals surface area contributed by atoms with E-state index in [1.807, 2.05) is 20.8 Å². The van der Waals surface area contributed by atoms with Crippen LogP contribution in [0.4, 0.5) is 0 Å². The Kier molecular flexibility index (Phi) is 5.23. The van der Waals surface area contributed by atoms with Crippen molar-refractivity contribution in [2.45, 2.75) is 40.2 Å². The third-order valence-electron chi connectivity index (χ3n) is 2.13. The van der Waals surface area contributed by atoms with Gasteiger partial charge in [-0.25, -0.2) is 12.7 Å². The van der Waals surface area contributed by atoms with Crippen molar-refractivity contribution in [3.05, 3.63) is 0 Å². The molecule has 0 heterocycles. The van der Waals surface area contributed by atoms with Crippen molar-refractivity contribution in [2.24, 2.45) is 11.1 Å². The van der Waals surface area contributed by atoms with Crippen molar-refractivity contribution in [1.29, 1.82) is 0 Å². The predicted octanol–water partition coefficient (Wildman–Crippen LogP) is 1.03. The molecule has 0 spiro atoms. The van der Waals surface area contributed by atoms with E-state index in [0.29, 0.717) is 13.0 Å². The van der Waals surface area contributed by atoms with Crippen LogP contribution in [0.1, 0.15) is 34.1 Å². The third-order valence-corrected chi connectivity index (χ3v) is 3.95. The van der Waals surface area contributed by atoms with E-state index < -0.39 is 10.0 Å². The number of rotatable bonds is 5. The highest BCUT2D eigenvalue weighted by Gasteiger charge is 2.21. The van der Waals surface area contributed by atoms with Gasteiger partial charge < -0.3 is 5.73 Å². The van der Waals surface area contributed by atoms with Crippen molar-refractivity contribution in [1.82, 2.24) is 4.31 Å². The number of nitrogens with zero attached hydrogens (tertiary/aromatic N) is 1. The molecule has 5 heteroatoms. The number of hydrogen-bond donors (Lipinski definition) is 1. The standard InChI is InChI=1S/C10H24N2O2S/c1-9(11)8-12(5)15(13,14)7-6-10(2,3)4/h9H,6-8,11H2,1-5H3. The summed E-state index contributed by atoms with van der Waals surface area (Å²) < 4.78 is 24.9. The van der Waals surface area contributed by atoms with Crippen LogP contribution >= 0.6 is 0 Å². The summed E-state index contributed by atoms with van der Waals surface area (Å²) in [5.41, 5.74) is 5.61. The van der Waals surface area contributed by atoms with Crippen LogP contribution in [-0.4, -0.2) is 38.1 Å². The molecule has 0 aromatic carbocycles. The molecular formula is C10H24N2O2S. The molecule has 15 heavy (non-hydrogen) atoms. The molecule has 0 aromatic heterocycles. The maximum Gasteiger partial charge on any atom is 0.213 e. The van der Waals surface area contributed by atoms with Crippen molar-refractivity contribution >= 4 is 10.0 Å². The summed E-state index contributed by atoms with van der Waals surface area (Å²) in [4.78, 5) is 0. The smallest absolute Gasteiger partial charge is 0.213 e. The van der Waals surface area contributed by atoms with Crippen LogP contribution in [0.3, 0.4) is 0 Å². The lowest BCUT2D eigenvalue weighted by Gasteiger charge is -2.22. The molecule has 2 N–H and O–H groups in total. The molecule has 0 amide bonds. The molecule has 92 valence electrons. The fourth-order valence-electron chi connectivity index (χ4n) is 1.11. The van der Waals surface area contributed by atoms with Gasteiger partial charge in [0.25, 0.3) is 0 Å². The van der Waals surface area contributed by atoms with Gasteiger partial charge in [-0.1, -0.05) is 20.8 Å². The van der Waals surface area contributed by atoms with Gasteiger partial charge in [-0.05, 0) is 18.8 Å². The summed E-state index contributed by atoms with van der Waals surface area (Å²) in [5, 5.41) is 0. The maximum atomic E-state index is 11.8. The first kappa shape index (κ1) is 14.9. The molecular weight excluding hydrogens is 212 g/mol. The summed E-state index contributed by atoms with van der Waals surface area (Å²) in [5.74, 6) is 0.194. The highest BCUT2D eigenvalue weighted by atomic mass is 32.2. The van der Waals surface area contributed by atoms with Gasteiger partial charge in [-0.2, -0.15) is 0 Å². The largest absolute Gasteiger partial charge is 0.327 e. The fourth-order valence-corrected chi connectivity index (χ4v) is 2.75. The van der Waals surface area contributed by atoms with Crippen molar-refractivity contribution < 1.29 is 8.42 Å². The lowest BCUT2D eigenvalue weighted by molar-refractivity contribution is 0.386. The van der Waals surface area contributed by atoms with Gasteiger partial charge in [0.15, 0.2) is 0 Å². The van der Waals surface area contributed by atoms with E-state index in [2.05, 4.69) is 0 Å². The summed E-state index contributed by atoms with van der Waals surface area (Å²) in [6.45, 7) is 8.29. The summed E-state index contributed by atoms with van der Waals surface area (Å²) in [6.07, 6.45) is 0.665. The second-order valence-corrected chi connectivity index (χ2v) is 7.58. The van der Waals surface area contributed by atoms with Gasteiger partial charge in [0.2, 0.25) is 10.0 Å². The topological polar surface area (TPSA) is 63.4 Å². The van der Waals surface area contributed by atoms with E-state index in [9.17, 15) is 8.42 Å². The van der Waals surface area contributed by atoms with Crippen molar-refractivity contribution in [3.63, 3.8) is 0 Å². The van der Waals surface area contributed by atoms with E-state index in [-0.39, 0.29) is 17.2 Å². The lowest BCUT2D eigenvalue weighted by Crippen LogP contribution is -2.38.